The zero-order valence-electron chi connectivity index (χ0n) is 17.0. The van der Waals surface area contributed by atoms with E-state index >= 15 is 0 Å². The fraction of sp³-hybridized carbons (Fsp3) is 0.850. The van der Waals surface area contributed by atoms with Gasteiger partial charge in [0.05, 0.1) is 12.6 Å². The van der Waals surface area contributed by atoms with Crippen molar-refractivity contribution < 1.29 is 4.74 Å². The van der Waals surface area contributed by atoms with E-state index in [1.54, 1.807) is 0 Å². The monoisotopic (exact) mass is 374 g/mol. The van der Waals surface area contributed by atoms with Crippen LogP contribution in [-0.4, -0.2) is 52.6 Å². The second-order valence-electron chi connectivity index (χ2n) is 8.25. The van der Waals surface area contributed by atoms with E-state index in [1.807, 2.05) is 7.05 Å². The number of aromatic nitrogens is 3. The number of aliphatic imine (C=N–C) groups is 1. The molecule has 2 saturated carbocycles. The van der Waals surface area contributed by atoms with Gasteiger partial charge in [0.25, 0.3) is 0 Å². The average Bonchev–Trinajstić information content (AvgIpc) is 3.34. The van der Waals surface area contributed by atoms with Gasteiger partial charge in [0.2, 0.25) is 0 Å². The highest BCUT2D eigenvalue weighted by Gasteiger charge is 2.57. The normalized spacial score (nSPS) is 29.4. The molecular formula is C20H34N6O. The molecule has 7 nitrogen and oxygen atoms in total. The number of guanidine groups is 1. The summed E-state index contributed by atoms with van der Waals surface area (Å²) in [5.74, 6) is 2.99. The minimum Gasteiger partial charge on any atom is -0.378 e. The van der Waals surface area contributed by atoms with Gasteiger partial charge in [0.1, 0.15) is 5.82 Å². The van der Waals surface area contributed by atoms with Crippen LogP contribution in [0.15, 0.2) is 4.99 Å². The highest BCUT2D eigenvalue weighted by molar-refractivity contribution is 5.80. The molecule has 2 heterocycles. The Labute approximate surface area is 162 Å². The molecule has 2 N–H and O–H groups in total. The van der Waals surface area contributed by atoms with Crippen LogP contribution in [0.25, 0.3) is 0 Å². The Hall–Kier alpha value is -1.63. The van der Waals surface area contributed by atoms with Crippen molar-refractivity contribution in [2.75, 3.05) is 13.7 Å². The highest BCUT2D eigenvalue weighted by atomic mass is 16.5. The Kier molecular flexibility index (Phi) is 5.39. The van der Waals surface area contributed by atoms with Crippen LogP contribution in [0.3, 0.4) is 0 Å². The van der Waals surface area contributed by atoms with Gasteiger partial charge in [-0.15, -0.1) is 0 Å². The van der Waals surface area contributed by atoms with Crippen LogP contribution in [0.4, 0.5) is 0 Å². The first-order valence-electron chi connectivity index (χ1n) is 10.7. The minimum absolute atomic E-state index is 0.315. The molecule has 1 aromatic rings. The van der Waals surface area contributed by atoms with Crippen molar-refractivity contribution in [1.29, 1.82) is 0 Å². The summed E-state index contributed by atoms with van der Waals surface area (Å²) in [6.07, 6.45) is 9.65. The van der Waals surface area contributed by atoms with Crippen LogP contribution < -0.4 is 10.6 Å². The number of aryl methyl sites for hydroxylation is 2. The van der Waals surface area contributed by atoms with Crippen LogP contribution in [-0.2, 0) is 24.1 Å². The van der Waals surface area contributed by atoms with E-state index in [2.05, 4.69) is 44.2 Å². The third-order valence-electron chi connectivity index (χ3n) is 6.78. The highest BCUT2D eigenvalue weighted by Crippen LogP contribution is 2.54. The third kappa shape index (κ3) is 3.46. The Morgan fingerprint density at radius 1 is 1.30 bits per heavy atom. The molecule has 0 saturated heterocycles. The minimum atomic E-state index is 0.315. The fourth-order valence-electron chi connectivity index (χ4n) is 5.25. The molecule has 3 unspecified atom stereocenters. The quantitative estimate of drug-likeness (QED) is 0.609. The third-order valence-corrected chi connectivity index (χ3v) is 6.78. The van der Waals surface area contributed by atoms with Crippen LogP contribution in [0.2, 0.25) is 0 Å². The van der Waals surface area contributed by atoms with E-state index in [9.17, 15) is 0 Å². The van der Waals surface area contributed by atoms with Crippen LogP contribution in [0, 0.1) is 5.41 Å². The molecule has 0 radical (unpaired) electrons. The number of rotatable bonds is 5. The lowest BCUT2D eigenvalue weighted by molar-refractivity contribution is -0.125. The van der Waals surface area contributed by atoms with Crippen LogP contribution in [0.5, 0.6) is 0 Å². The first kappa shape index (κ1) is 18.7. The van der Waals surface area contributed by atoms with Gasteiger partial charge in [-0.25, -0.2) is 9.67 Å². The molecule has 3 aliphatic rings. The van der Waals surface area contributed by atoms with Crippen molar-refractivity contribution in [2.24, 2.45) is 10.4 Å². The summed E-state index contributed by atoms with van der Waals surface area (Å²) in [5.41, 5.74) is 0.315. The van der Waals surface area contributed by atoms with Gasteiger partial charge < -0.3 is 15.4 Å². The first-order chi connectivity index (χ1) is 13.2. The summed E-state index contributed by atoms with van der Waals surface area (Å²) in [6, 6.07) is 0.817. The van der Waals surface area contributed by atoms with Crippen molar-refractivity contribution in [3.63, 3.8) is 0 Å². The molecule has 4 rings (SSSR count). The van der Waals surface area contributed by atoms with E-state index in [4.69, 9.17) is 4.74 Å². The smallest absolute Gasteiger partial charge is 0.191 e. The predicted octanol–water partition coefficient (Wildman–Crippen LogP) is 2.06. The lowest BCUT2D eigenvalue weighted by Gasteiger charge is -2.54. The van der Waals surface area contributed by atoms with E-state index in [0.717, 1.165) is 56.4 Å². The lowest BCUT2D eigenvalue weighted by atomic mass is 9.60. The van der Waals surface area contributed by atoms with Crippen LogP contribution >= 0.6 is 0 Å². The van der Waals surface area contributed by atoms with Gasteiger partial charge in [-0.05, 0) is 32.6 Å². The largest absolute Gasteiger partial charge is 0.378 e. The zero-order chi connectivity index (χ0) is 18.9. The second-order valence-corrected chi connectivity index (χ2v) is 8.25. The first-order valence-corrected chi connectivity index (χ1v) is 10.7. The maximum atomic E-state index is 6.04. The molecule has 0 bridgehead atoms. The number of nitrogens with zero attached hydrogens (tertiary/aromatic N) is 4. The van der Waals surface area contributed by atoms with E-state index < -0.39 is 0 Å². The van der Waals surface area contributed by atoms with Gasteiger partial charge in [-0.2, -0.15) is 5.10 Å². The number of hydrogen-bond donors (Lipinski definition) is 2. The number of fused-ring (bicyclic) bond motifs is 1. The van der Waals surface area contributed by atoms with E-state index in [0.29, 0.717) is 23.6 Å². The molecule has 2 aliphatic carbocycles. The molecule has 0 aromatic carbocycles. The summed E-state index contributed by atoms with van der Waals surface area (Å²) in [7, 11) is 1.87. The van der Waals surface area contributed by atoms with Gasteiger partial charge in [-0.1, -0.05) is 19.8 Å². The van der Waals surface area contributed by atoms with Crippen molar-refractivity contribution >= 4 is 5.96 Å². The van der Waals surface area contributed by atoms with E-state index in [-0.39, 0.29) is 0 Å². The zero-order valence-corrected chi connectivity index (χ0v) is 17.0. The lowest BCUT2D eigenvalue weighted by Crippen LogP contribution is -2.65. The van der Waals surface area contributed by atoms with Gasteiger partial charge in [0, 0.05) is 44.0 Å². The second kappa shape index (κ2) is 7.78. The van der Waals surface area contributed by atoms with Crippen molar-refractivity contribution in [3.05, 3.63) is 11.6 Å². The molecule has 27 heavy (non-hydrogen) atoms. The molecule has 2 fully saturated rings. The van der Waals surface area contributed by atoms with Gasteiger partial charge in [0.15, 0.2) is 11.8 Å². The van der Waals surface area contributed by atoms with Crippen molar-refractivity contribution in [3.8, 4) is 0 Å². The summed E-state index contributed by atoms with van der Waals surface area (Å²) in [5, 5.41) is 12.0. The SMILES string of the molecule is CCOC1CC(NC(=NC)NC2CCc3nc(CC)nn3C2)C12CCCC2. The summed E-state index contributed by atoms with van der Waals surface area (Å²) >= 11 is 0. The number of hydrogen-bond acceptors (Lipinski definition) is 4. The predicted molar refractivity (Wildman–Crippen MR) is 106 cm³/mol. The molecule has 1 aromatic heterocycles. The molecule has 1 aliphatic heterocycles. The fourth-order valence-corrected chi connectivity index (χ4v) is 5.25. The molecule has 7 heteroatoms. The number of ether oxygens (including phenoxy) is 1. The van der Waals surface area contributed by atoms with Gasteiger partial charge >= 0.3 is 0 Å². The van der Waals surface area contributed by atoms with Crippen LogP contribution in [0.1, 0.15) is 64.0 Å². The van der Waals surface area contributed by atoms with Gasteiger partial charge in [-0.3, -0.25) is 4.99 Å². The topological polar surface area (TPSA) is 76.4 Å². The number of nitrogens with one attached hydrogen (secondary N) is 2. The Morgan fingerprint density at radius 2 is 2.11 bits per heavy atom. The van der Waals surface area contributed by atoms with Crippen molar-refractivity contribution in [1.82, 2.24) is 25.4 Å². The van der Waals surface area contributed by atoms with E-state index in [1.165, 1.54) is 25.7 Å². The summed E-state index contributed by atoms with van der Waals surface area (Å²) in [6.45, 7) is 5.89. The Morgan fingerprint density at radius 3 is 2.81 bits per heavy atom. The molecule has 0 amide bonds. The molecular weight excluding hydrogens is 340 g/mol. The molecule has 3 atom stereocenters. The average molecular weight is 375 g/mol. The molecule has 1 spiro atoms. The Balaban J connectivity index is 1.36. The summed E-state index contributed by atoms with van der Waals surface area (Å²) < 4.78 is 8.11. The molecule has 150 valence electrons. The van der Waals surface area contributed by atoms with Crippen molar-refractivity contribution in [2.45, 2.75) is 89.9 Å². The standard InChI is InChI=1S/C20H34N6O/c1-4-17-24-18-9-8-14(13-26(18)25-17)22-19(21-3)23-15-12-16(27-5-2)20(15)10-6-7-11-20/h14-16H,4-13H2,1-3H3,(H2,21,22,23). The summed E-state index contributed by atoms with van der Waals surface area (Å²) in [4.78, 5) is 9.13. The maximum absolute atomic E-state index is 6.04. The maximum Gasteiger partial charge on any atom is 0.191 e. The Bertz CT molecular complexity index is 678.